The predicted molar refractivity (Wildman–Crippen MR) is 120 cm³/mol. The zero-order valence-corrected chi connectivity index (χ0v) is 19.4. The molecule has 0 saturated carbocycles. The van der Waals surface area contributed by atoms with E-state index in [0.717, 1.165) is 0 Å². The molecule has 2 aromatic rings. The molecule has 3 rings (SSSR count). The number of hydrogen-bond donors (Lipinski definition) is 3. The van der Waals surface area contributed by atoms with Crippen LogP contribution in [0, 0.1) is 5.82 Å². The Morgan fingerprint density at radius 1 is 1.19 bits per heavy atom. The number of sulfonamides is 1. The Morgan fingerprint density at radius 2 is 1.81 bits per heavy atom. The van der Waals surface area contributed by atoms with Gasteiger partial charge < -0.3 is 14.9 Å². The van der Waals surface area contributed by atoms with E-state index in [0.29, 0.717) is 11.1 Å². The lowest BCUT2D eigenvalue weighted by Crippen LogP contribution is -2.53. The van der Waals surface area contributed by atoms with Gasteiger partial charge >= 0.3 is 0 Å². The van der Waals surface area contributed by atoms with Gasteiger partial charge in [0.25, 0.3) is 6.02 Å². The molecular formula is C23H29FN2O5S. The third-order valence-electron chi connectivity index (χ3n) is 5.39. The van der Waals surface area contributed by atoms with Gasteiger partial charge in [-0.05, 0) is 51.3 Å². The number of nitrogens with zero attached hydrogens (tertiary/aromatic N) is 1. The minimum atomic E-state index is -3.96. The van der Waals surface area contributed by atoms with Crippen LogP contribution in [0.25, 0.3) is 0 Å². The molecule has 1 aliphatic heterocycles. The van der Waals surface area contributed by atoms with Crippen molar-refractivity contribution in [2.24, 2.45) is 4.99 Å². The molecule has 2 unspecified atom stereocenters. The highest BCUT2D eigenvalue weighted by Crippen LogP contribution is 2.39. The first-order valence-electron chi connectivity index (χ1n) is 10.3. The molecule has 0 aliphatic carbocycles. The zero-order chi connectivity index (χ0) is 23.7. The monoisotopic (exact) mass is 464 g/mol. The van der Waals surface area contributed by atoms with Gasteiger partial charge in [-0.15, -0.1) is 0 Å². The van der Waals surface area contributed by atoms with Crippen LogP contribution in [-0.2, 0) is 20.4 Å². The second-order valence-electron chi connectivity index (χ2n) is 8.90. The summed E-state index contributed by atoms with van der Waals surface area (Å²) in [5, 5.41) is 18.5. The first-order chi connectivity index (χ1) is 14.8. The average Bonchev–Trinajstić information content (AvgIpc) is 2.66. The number of nitrogens with one attached hydrogen (secondary N) is 1. The number of aliphatic imine (C=N–C) groups is 1. The average molecular weight is 465 g/mol. The summed E-state index contributed by atoms with van der Waals surface area (Å²) in [7, 11) is -3.96. The summed E-state index contributed by atoms with van der Waals surface area (Å²) >= 11 is 0. The smallest absolute Gasteiger partial charge is 0.299 e. The molecule has 0 amide bonds. The minimum Gasteiger partial charge on any atom is -0.457 e. The predicted octanol–water partition coefficient (Wildman–Crippen LogP) is 3.30. The van der Waals surface area contributed by atoms with E-state index in [1.165, 1.54) is 12.1 Å². The van der Waals surface area contributed by atoms with E-state index in [4.69, 9.17) is 4.74 Å². The van der Waals surface area contributed by atoms with Gasteiger partial charge in [-0.25, -0.2) is 22.5 Å². The summed E-state index contributed by atoms with van der Waals surface area (Å²) in [5.74, 6) is -0.502. The quantitative estimate of drug-likeness (QED) is 0.608. The van der Waals surface area contributed by atoms with Crippen molar-refractivity contribution in [3.8, 4) is 0 Å². The van der Waals surface area contributed by atoms with E-state index >= 15 is 0 Å². The van der Waals surface area contributed by atoms with E-state index in [2.05, 4.69) is 9.71 Å². The van der Waals surface area contributed by atoms with Gasteiger partial charge in [0.15, 0.2) is 0 Å². The topological polar surface area (TPSA) is 108 Å². The van der Waals surface area contributed by atoms with E-state index in [9.17, 15) is 23.0 Å². The van der Waals surface area contributed by atoms with Crippen LogP contribution in [-0.4, -0.2) is 36.9 Å². The molecular weight excluding hydrogens is 435 g/mol. The second-order valence-corrected chi connectivity index (χ2v) is 10.7. The molecule has 2 atom stereocenters. The fourth-order valence-electron chi connectivity index (χ4n) is 3.88. The molecule has 1 heterocycles. The van der Waals surface area contributed by atoms with Crippen LogP contribution in [0.2, 0.25) is 0 Å². The first kappa shape index (κ1) is 24.2. The second kappa shape index (κ2) is 8.80. The van der Waals surface area contributed by atoms with E-state index in [1.807, 2.05) is 0 Å². The highest BCUT2D eigenvalue weighted by Gasteiger charge is 2.48. The van der Waals surface area contributed by atoms with Crippen molar-refractivity contribution < 1.29 is 27.8 Å². The highest BCUT2D eigenvalue weighted by molar-refractivity contribution is 7.90. The number of aliphatic hydroxyl groups excluding tert-OH is 1. The van der Waals surface area contributed by atoms with Gasteiger partial charge in [0, 0.05) is 12.2 Å². The summed E-state index contributed by atoms with van der Waals surface area (Å²) in [6.07, 6.45) is 0.0950. The molecule has 3 N–H and O–H groups in total. The van der Waals surface area contributed by atoms with Gasteiger partial charge in [0.05, 0.1) is 11.6 Å². The fraction of sp³-hybridized carbons (Fsp3) is 0.435. The molecule has 1 saturated heterocycles. The van der Waals surface area contributed by atoms with Crippen LogP contribution in [0.3, 0.4) is 0 Å². The van der Waals surface area contributed by atoms with Crippen molar-refractivity contribution in [3.05, 3.63) is 71.0 Å². The highest BCUT2D eigenvalue weighted by atomic mass is 32.2. The lowest BCUT2D eigenvalue weighted by atomic mass is 9.93. The Balaban J connectivity index is 1.95. The molecule has 174 valence electrons. The lowest BCUT2D eigenvalue weighted by Gasteiger charge is -2.39. The molecule has 1 aliphatic rings. The first-order valence-corrected chi connectivity index (χ1v) is 11.9. The van der Waals surface area contributed by atoms with Crippen LogP contribution in [0.4, 0.5) is 4.39 Å². The molecule has 0 aromatic heterocycles. The van der Waals surface area contributed by atoms with Crippen molar-refractivity contribution in [1.29, 1.82) is 0 Å². The normalized spacial score (nSPS) is 22.1. The van der Waals surface area contributed by atoms with Crippen LogP contribution in [0.15, 0.2) is 53.5 Å². The molecule has 7 nitrogen and oxygen atoms in total. The third-order valence-corrected chi connectivity index (χ3v) is 7.31. The minimum absolute atomic E-state index is 0.0950. The van der Waals surface area contributed by atoms with Crippen LogP contribution < -0.4 is 4.72 Å². The summed E-state index contributed by atoms with van der Waals surface area (Å²) < 4.78 is 48.9. The number of halogens is 1. The Kier molecular flexibility index (Phi) is 6.65. The van der Waals surface area contributed by atoms with E-state index in [1.54, 1.807) is 64.1 Å². The van der Waals surface area contributed by atoms with Gasteiger partial charge in [0.2, 0.25) is 10.0 Å². The van der Waals surface area contributed by atoms with Crippen molar-refractivity contribution >= 4 is 16.0 Å². The summed E-state index contributed by atoms with van der Waals surface area (Å²) in [4.78, 5) is 4.29. The largest absolute Gasteiger partial charge is 0.457 e. The third kappa shape index (κ3) is 5.11. The lowest BCUT2D eigenvalue weighted by molar-refractivity contribution is 0.0754. The number of rotatable bonds is 6. The van der Waals surface area contributed by atoms with Gasteiger partial charge in [0.1, 0.15) is 16.7 Å². The van der Waals surface area contributed by atoms with Gasteiger partial charge in [-0.2, -0.15) is 0 Å². The molecule has 0 spiro atoms. The maximum absolute atomic E-state index is 14.3. The molecule has 0 radical (unpaired) electrons. The number of benzene rings is 2. The Hall–Kier alpha value is -2.49. The number of amidine groups is 1. The van der Waals surface area contributed by atoms with Crippen LogP contribution in [0.1, 0.15) is 62.1 Å². The fourth-order valence-corrected chi connectivity index (χ4v) is 5.64. The molecule has 2 aromatic carbocycles. The zero-order valence-electron chi connectivity index (χ0n) is 18.5. The van der Waals surface area contributed by atoms with Crippen molar-refractivity contribution in [2.75, 3.05) is 6.61 Å². The Labute approximate surface area is 188 Å². The summed E-state index contributed by atoms with van der Waals surface area (Å²) in [6, 6.07) is 11.6. The van der Waals surface area contributed by atoms with Crippen molar-refractivity contribution in [1.82, 2.24) is 4.72 Å². The summed E-state index contributed by atoms with van der Waals surface area (Å²) in [5.41, 5.74) is -0.865. The maximum Gasteiger partial charge on any atom is 0.299 e. The molecule has 9 heteroatoms. The maximum atomic E-state index is 14.3. The van der Waals surface area contributed by atoms with Gasteiger partial charge in [-0.3, -0.25) is 0 Å². The van der Waals surface area contributed by atoms with Crippen molar-refractivity contribution in [3.63, 3.8) is 0 Å². The molecule has 32 heavy (non-hydrogen) atoms. The Morgan fingerprint density at radius 3 is 2.34 bits per heavy atom. The molecule has 1 fully saturated rings. The number of hydrogen-bond acceptors (Lipinski definition) is 6. The standard InChI is InChI=1S/C23H29FN2O5S/c1-22(2,28)16-11-9-15(10-12-16)20-23(3,4)31-21(26-32(20,29)30)25-19(13-14-27)17-7-5-6-8-18(17)24/h5-12,19-20,27-28H,13-14H2,1-4H3,(H,25,26). The summed E-state index contributed by atoms with van der Waals surface area (Å²) in [6.45, 7) is 6.31. The van der Waals surface area contributed by atoms with Gasteiger partial charge in [-0.1, -0.05) is 42.5 Å². The SMILES string of the molecule is CC(C)(O)c1ccc(C2C(C)(C)OC(=NC(CCO)c3ccccc3F)NS2(=O)=O)cc1. The van der Waals surface area contributed by atoms with E-state index < -0.39 is 38.3 Å². The van der Waals surface area contributed by atoms with Crippen LogP contribution in [0.5, 0.6) is 0 Å². The molecule has 0 bridgehead atoms. The van der Waals surface area contributed by atoms with Crippen molar-refractivity contribution in [2.45, 2.75) is 56.6 Å². The van der Waals surface area contributed by atoms with E-state index in [-0.39, 0.29) is 24.6 Å². The van der Waals surface area contributed by atoms with Crippen LogP contribution >= 0.6 is 0 Å². The Bertz CT molecular complexity index is 1090. The number of ether oxygens (including phenoxy) is 1. The number of aliphatic hydroxyl groups is 2.